The number of halogens is 1. The summed E-state index contributed by atoms with van der Waals surface area (Å²) >= 11 is 5.72. The molecule has 0 fully saturated rings. The van der Waals surface area contributed by atoms with Crippen LogP contribution in [0.1, 0.15) is 13.8 Å². The van der Waals surface area contributed by atoms with Crippen molar-refractivity contribution >= 4 is 11.6 Å². The number of benzene rings is 1. The van der Waals surface area contributed by atoms with E-state index in [9.17, 15) is 0 Å². The average molecular weight is 231 g/mol. The predicted octanol–water partition coefficient (Wildman–Crippen LogP) is 2.06. The van der Waals surface area contributed by atoms with Gasteiger partial charge in [0.2, 0.25) is 0 Å². The van der Waals surface area contributed by atoms with Gasteiger partial charge in [0, 0.05) is 10.4 Å². The molecule has 0 heterocycles. The Hall–Kier alpha value is -0.770. The van der Waals surface area contributed by atoms with Crippen LogP contribution < -0.4 is 4.74 Å². The summed E-state index contributed by atoms with van der Waals surface area (Å²) in [6.45, 7) is 3.66. The fraction of sp³-hybridized carbons (Fsp3) is 0.455. The molecule has 1 aromatic rings. The second-order valence-corrected chi connectivity index (χ2v) is 4.54. The highest BCUT2D eigenvalue weighted by Crippen LogP contribution is 2.22. The molecule has 2 N–H and O–H groups in total. The zero-order valence-electron chi connectivity index (χ0n) is 8.77. The first-order chi connectivity index (χ1) is 6.92. The third kappa shape index (κ3) is 3.70. The van der Waals surface area contributed by atoms with E-state index < -0.39 is 11.7 Å². The maximum atomic E-state index is 9.06. The molecule has 0 saturated heterocycles. The van der Waals surface area contributed by atoms with Crippen LogP contribution >= 0.6 is 11.6 Å². The molecule has 1 aromatic carbocycles. The number of aliphatic hydroxyl groups excluding tert-OH is 1. The minimum Gasteiger partial charge on any atom is -0.493 e. The third-order valence-electron chi connectivity index (χ3n) is 2.12. The van der Waals surface area contributed by atoms with Crippen molar-refractivity contribution in [1.29, 1.82) is 0 Å². The highest BCUT2D eigenvalue weighted by Gasteiger charge is 2.26. The van der Waals surface area contributed by atoms with Gasteiger partial charge in [-0.3, -0.25) is 0 Å². The maximum absolute atomic E-state index is 9.06. The Balaban J connectivity index is 2.54. The van der Waals surface area contributed by atoms with Gasteiger partial charge in [0.15, 0.2) is 6.29 Å². The SMILES string of the molecule is CC(C)(COc1ccc(Cl)cc1)C(O)O. The summed E-state index contributed by atoms with van der Waals surface area (Å²) in [6, 6.07) is 6.92. The van der Waals surface area contributed by atoms with Gasteiger partial charge in [-0.1, -0.05) is 25.4 Å². The highest BCUT2D eigenvalue weighted by atomic mass is 35.5. The van der Waals surface area contributed by atoms with Gasteiger partial charge < -0.3 is 14.9 Å². The second-order valence-electron chi connectivity index (χ2n) is 4.10. The summed E-state index contributed by atoms with van der Waals surface area (Å²) in [4.78, 5) is 0. The lowest BCUT2D eigenvalue weighted by Crippen LogP contribution is -2.34. The van der Waals surface area contributed by atoms with Crippen LogP contribution in [0.15, 0.2) is 24.3 Å². The molecule has 0 amide bonds. The van der Waals surface area contributed by atoms with Crippen LogP contribution in [0.3, 0.4) is 0 Å². The van der Waals surface area contributed by atoms with E-state index in [4.69, 9.17) is 26.6 Å². The van der Waals surface area contributed by atoms with E-state index in [-0.39, 0.29) is 6.61 Å². The predicted molar refractivity (Wildman–Crippen MR) is 59.0 cm³/mol. The molecule has 4 heteroatoms. The number of ether oxygens (including phenoxy) is 1. The van der Waals surface area contributed by atoms with Gasteiger partial charge in [-0.2, -0.15) is 0 Å². The van der Waals surface area contributed by atoms with Crippen molar-refractivity contribution in [3.8, 4) is 5.75 Å². The van der Waals surface area contributed by atoms with Gasteiger partial charge in [0.05, 0.1) is 6.61 Å². The Morgan fingerprint density at radius 2 is 1.80 bits per heavy atom. The van der Waals surface area contributed by atoms with E-state index in [1.54, 1.807) is 38.1 Å². The summed E-state index contributed by atoms with van der Waals surface area (Å²) in [7, 11) is 0. The topological polar surface area (TPSA) is 49.7 Å². The number of rotatable bonds is 4. The number of hydrogen-bond donors (Lipinski definition) is 2. The minimum atomic E-state index is -1.40. The summed E-state index contributed by atoms with van der Waals surface area (Å²) in [6.07, 6.45) is -1.40. The Morgan fingerprint density at radius 3 is 2.27 bits per heavy atom. The molecule has 0 aliphatic heterocycles. The average Bonchev–Trinajstić information content (AvgIpc) is 2.17. The van der Waals surface area contributed by atoms with Crippen LogP contribution in [0.5, 0.6) is 5.75 Å². The molecule has 0 aliphatic carbocycles. The molecule has 0 aromatic heterocycles. The molecule has 0 saturated carbocycles. The molecule has 0 bridgehead atoms. The molecule has 0 atom stereocenters. The fourth-order valence-electron chi connectivity index (χ4n) is 0.875. The van der Waals surface area contributed by atoms with Gasteiger partial charge in [-0.25, -0.2) is 0 Å². The zero-order valence-corrected chi connectivity index (χ0v) is 9.53. The fourth-order valence-corrected chi connectivity index (χ4v) is 1.00. The molecule has 0 spiro atoms. The first kappa shape index (κ1) is 12.3. The van der Waals surface area contributed by atoms with Crippen LogP contribution in [0.2, 0.25) is 5.02 Å². The lowest BCUT2D eigenvalue weighted by Gasteiger charge is -2.26. The maximum Gasteiger partial charge on any atom is 0.159 e. The molecule has 1 rings (SSSR count). The van der Waals surface area contributed by atoms with Gasteiger partial charge in [-0.15, -0.1) is 0 Å². The van der Waals surface area contributed by atoms with E-state index in [0.717, 1.165) is 0 Å². The minimum absolute atomic E-state index is 0.228. The van der Waals surface area contributed by atoms with Crippen molar-refractivity contribution in [2.24, 2.45) is 5.41 Å². The molecular formula is C11H15ClO3. The van der Waals surface area contributed by atoms with E-state index in [1.165, 1.54) is 0 Å². The van der Waals surface area contributed by atoms with Crippen LogP contribution in [-0.2, 0) is 0 Å². The van der Waals surface area contributed by atoms with E-state index in [1.807, 2.05) is 0 Å². The van der Waals surface area contributed by atoms with Crippen molar-refractivity contribution in [2.75, 3.05) is 6.61 Å². The smallest absolute Gasteiger partial charge is 0.159 e. The Kier molecular flexibility index (Phi) is 3.97. The summed E-state index contributed by atoms with van der Waals surface area (Å²) in [5.41, 5.74) is -0.695. The molecular weight excluding hydrogens is 216 g/mol. The van der Waals surface area contributed by atoms with Gasteiger partial charge in [-0.05, 0) is 24.3 Å². The molecule has 0 aliphatic rings. The second kappa shape index (κ2) is 4.84. The van der Waals surface area contributed by atoms with Crippen molar-refractivity contribution in [3.63, 3.8) is 0 Å². The Morgan fingerprint density at radius 1 is 1.27 bits per heavy atom. The quantitative estimate of drug-likeness (QED) is 0.779. The van der Waals surface area contributed by atoms with Crippen LogP contribution in [-0.4, -0.2) is 23.1 Å². The van der Waals surface area contributed by atoms with Crippen molar-refractivity contribution in [1.82, 2.24) is 0 Å². The van der Waals surface area contributed by atoms with E-state index in [2.05, 4.69) is 0 Å². The summed E-state index contributed by atoms with van der Waals surface area (Å²) in [5, 5.41) is 18.8. The van der Waals surface area contributed by atoms with Crippen LogP contribution in [0.4, 0.5) is 0 Å². The standard InChI is InChI=1S/C11H15ClO3/c1-11(2,10(13)14)7-15-9-5-3-8(12)4-6-9/h3-6,10,13-14H,7H2,1-2H3. The summed E-state index contributed by atoms with van der Waals surface area (Å²) in [5.74, 6) is 0.660. The largest absolute Gasteiger partial charge is 0.493 e. The van der Waals surface area contributed by atoms with Gasteiger partial charge in [0.1, 0.15) is 5.75 Å². The lowest BCUT2D eigenvalue weighted by atomic mass is 9.94. The van der Waals surface area contributed by atoms with E-state index in [0.29, 0.717) is 10.8 Å². The monoisotopic (exact) mass is 230 g/mol. The zero-order chi connectivity index (χ0) is 11.5. The highest BCUT2D eigenvalue weighted by molar-refractivity contribution is 6.30. The molecule has 0 unspecified atom stereocenters. The van der Waals surface area contributed by atoms with Crippen molar-refractivity contribution in [3.05, 3.63) is 29.3 Å². The lowest BCUT2D eigenvalue weighted by molar-refractivity contribution is -0.133. The first-order valence-corrected chi connectivity index (χ1v) is 5.04. The molecule has 3 nitrogen and oxygen atoms in total. The number of aliphatic hydroxyl groups is 2. The first-order valence-electron chi connectivity index (χ1n) is 4.66. The molecule has 84 valence electrons. The third-order valence-corrected chi connectivity index (χ3v) is 2.38. The van der Waals surface area contributed by atoms with Crippen molar-refractivity contribution in [2.45, 2.75) is 20.1 Å². The molecule has 15 heavy (non-hydrogen) atoms. The normalized spacial score (nSPS) is 11.9. The van der Waals surface area contributed by atoms with Crippen LogP contribution in [0.25, 0.3) is 0 Å². The van der Waals surface area contributed by atoms with Gasteiger partial charge in [0.25, 0.3) is 0 Å². The van der Waals surface area contributed by atoms with Crippen LogP contribution in [0, 0.1) is 5.41 Å². The Labute approximate surface area is 94.3 Å². The number of hydrogen-bond acceptors (Lipinski definition) is 3. The molecule has 0 radical (unpaired) electrons. The Bertz CT molecular complexity index is 306. The van der Waals surface area contributed by atoms with E-state index >= 15 is 0 Å². The van der Waals surface area contributed by atoms with Crippen molar-refractivity contribution < 1.29 is 14.9 Å². The van der Waals surface area contributed by atoms with Gasteiger partial charge >= 0.3 is 0 Å². The summed E-state index contributed by atoms with van der Waals surface area (Å²) < 4.78 is 5.41.